The van der Waals surface area contributed by atoms with Crippen molar-refractivity contribution < 1.29 is 0 Å². The minimum atomic E-state index is 1.10. The van der Waals surface area contributed by atoms with Crippen molar-refractivity contribution in [3.63, 3.8) is 0 Å². The van der Waals surface area contributed by atoms with Crippen LogP contribution >= 0.6 is 0 Å². The van der Waals surface area contributed by atoms with Crippen LogP contribution in [0.15, 0.2) is 224 Å². The Hall–Kier alpha value is -7.22. The first-order valence-electron chi connectivity index (χ1n) is 18.9. The van der Waals surface area contributed by atoms with Gasteiger partial charge in [-0.15, -0.1) is 0 Å². The molecule has 0 unspecified atom stereocenters. The first-order valence-corrected chi connectivity index (χ1v) is 18.9. The molecule has 0 saturated carbocycles. The van der Waals surface area contributed by atoms with Gasteiger partial charge in [0.2, 0.25) is 0 Å². The predicted molar refractivity (Wildman–Crippen MR) is 235 cm³/mol. The molecule has 0 atom stereocenters. The van der Waals surface area contributed by atoms with Gasteiger partial charge in [0.15, 0.2) is 0 Å². The van der Waals surface area contributed by atoms with E-state index in [9.17, 15) is 0 Å². The van der Waals surface area contributed by atoms with Crippen molar-refractivity contribution >= 4 is 49.4 Å². The van der Waals surface area contributed by atoms with Crippen molar-refractivity contribution in [2.75, 3.05) is 4.90 Å². The molecular weight excluding hydrogens is 663 g/mol. The maximum atomic E-state index is 2.38. The zero-order valence-corrected chi connectivity index (χ0v) is 30.3. The summed E-state index contributed by atoms with van der Waals surface area (Å²) in [6.07, 6.45) is 0. The third-order valence-corrected chi connectivity index (χ3v) is 10.8. The third-order valence-electron chi connectivity index (χ3n) is 10.8. The van der Waals surface area contributed by atoms with Gasteiger partial charge in [-0.05, 0) is 125 Å². The second-order valence-electron chi connectivity index (χ2n) is 14.2. The fraction of sp³-hybridized carbons (Fsp3) is 0. The second kappa shape index (κ2) is 14.0. The summed E-state index contributed by atoms with van der Waals surface area (Å²) in [5, 5.41) is 7.49. The number of rotatable bonds is 7. The van der Waals surface area contributed by atoms with Crippen molar-refractivity contribution in [2.24, 2.45) is 0 Å². The lowest BCUT2D eigenvalue weighted by molar-refractivity contribution is 1.29. The van der Waals surface area contributed by atoms with Crippen molar-refractivity contribution in [3.8, 4) is 44.5 Å². The normalized spacial score (nSPS) is 11.3. The van der Waals surface area contributed by atoms with Crippen LogP contribution in [0.5, 0.6) is 0 Å². The van der Waals surface area contributed by atoms with Gasteiger partial charge in [0.25, 0.3) is 0 Å². The van der Waals surface area contributed by atoms with E-state index in [1.165, 1.54) is 76.8 Å². The van der Waals surface area contributed by atoms with E-state index in [0.29, 0.717) is 0 Å². The van der Waals surface area contributed by atoms with E-state index < -0.39 is 0 Å². The molecule has 10 rings (SSSR count). The molecule has 0 aromatic heterocycles. The van der Waals surface area contributed by atoms with Gasteiger partial charge < -0.3 is 4.90 Å². The van der Waals surface area contributed by atoms with Crippen LogP contribution in [0, 0.1) is 0 Å². The molecule has 0 bridgehead atoms. The molecule has 0 radical (unpaired) electrons. The van der Waals surface area contributed by atoms with E-state index in [-0.39, 0.29) is 0 Å². The van der Waals surface area contributed by atoms with Crippen molar-refractivity contribution in [2.45, 2.75) is 0 Å². The van der Waals surface area contributed by atoms with Crippen LogP contribution in [0.4, 0.5) is 17.1 Å². The molecule has 55 heavy (non-hydrogen) atoms. The molecule has 1 heteroatoms. The van der Waals surface area contributed by atoms with Crippen LogP contribution < -0.4 is 4.90 Å². The Morgan fingerprint density at radius 2 is 0.673 bits per heavy atom. The SMILES string of the molecule is c1ccc(-c2ccc(-c3ccc(N(c4ccc(-c5ccc6ccccc6c5)cc4)c4ccc5ccc6ccccc6c5c4)cc3)cc2-c2ccccc2)cc1. The van der Waals surface area contributed by atoms with E-state index in [1.54, 1.807) is 0 Å². The van der Waals surface area contributed by atoms with Crippen LogP contribution in [-0.4, -0.2) is 0 Å². The number of anilines is 3. The van der Waals surface area contributed by atoms with Crippen LogP contribution in [0.25, 0.3) is 76.8 Å². The fourth-order valence-electron chi connectivity index (χ4n) is 8.00. The van der Waals surface area contributed by atoms with Crippen LogP contribution in [0.3, 0.4) is 0 Å². The Morgan fingerprint density at radius 1 is 0.218 bits per heavy atom. The zero-order valence-electron chi connectivity index (χ0n) is 30.3. The van der Waals surface area contributed by atoms with Gasteiger partial charge in [-0.3, -0.25) is 0 Å². The molecule has 0 aliphatic carbocycles. The summed E-state index contributed by atoms with van der Waals surface area (Å²) < 4.78 is 0. The van der Waals surface area contributed by atoms with Gasteiger partial charge in [0.05, 0.1) is 0 Å². The number of fused-ring (bicyclic) bond motifs is 4. The summed E-state index contributed by atoms with van der Waals surface area (Å²) in [5.74, 6) is 0. The van der Waals surface area contributed by atoms with E-state index >= 15 is 0 Å². The maximum absolute atomic E-state index is 2.38. The lowest BCUT2D eigenvalue weighted by Gasteiger charge is -2.26. The van der Waals surface area contributed by atoms with Gasteiger partial charge in [0, 0.05) is 17.1 Å². The van der Waals surface area contributed by atoms with Crippen LogP contribution in [0.1, 0.15) is 0 Å². The largest absolute Gasteiger partial charge is 0.310 e. The molecule has 0 aliphatic heterocycles. The lowest BCUT2D eigenvalue weighted by atomic mass is 9.91. The minimum Gasteiger partial charge on any atom is -0.310 e. The Kier molecular flexibility index (Phi) is 8.24. The van der Waals surface area contributed by atoms with E-state index in [2.05, 4.69) is 229 Å². The maximum Gasteiger partial charge on any atom is 0.0468 e. The Balaban J connectivity index is 1.07. The van der Waals surface area contributed by atoms with Crippen molar-refractivity contribution in [1.29, 1.82) is 0 Å². The minimum absolute atomic E-state index is 1.10. The first kappa shape index (κ1) is 32.4. The van der Waals surface area contributed by atoms with Gasteiger partial charge in [0.1, 0.15) is 0 Å². The van der Waals surface area contributed by atoms with Crippen LogP contribution in [0.2, 0.25) is 0 Å². The molecule has 1 nitrogen and oxygen atoms in total. The fourth-order valence-corrected chi connectivity index (χ4v) is 8.00. The van der Waals surface area contributed by atoms with Crippen molar-refractivity contribution in [1.82, 2.24) is 0 Å². The molecule has 0 N–H and O–H groups in total. The molecule has 10 aromatic rings. The summed E-state index contributed by atoms with van der Waals surface area (Å²) in [5.41, 5.74) is 13.0. The third kappa shape index (κ3) is 6.22. The molecule has 0 spiro atoms. The summed E-state index contributed by atoms with van der Waals surface area (Å²) >= 11 is 0. The van der Waals surface area contributed by atoms with Crippen molar-refractivity contribution in [3.05, 3.63) is 224 Å². The topological polar surface area (TPSA) is 3.24 Å². The van der Waals surface area contributed by atoms with Gasteiger partial charge in [-0.2, -0.15) is 0 Å². The lowest BCUT2D eigenvalue weighted by Crippen LogP contribution is -2.09. The molecule has 0 fully saturated rings. The number of nitrogens with zero attached hydrogens (tertiary/aromatic N) is 1. The number of hydrogen-bond acceptors (Lipinski definition) is 1. The Labute approximate surface area is 322 Å². The van der Waals surface area contributed by atoms with E-state index in [0.717, 1.165) is 17.1 Å². The molecule has 10 aromatic carbocycles. The molecule has 258 valence electrons. The number of hydrogen-bond donors (Lipinski definition) is 0. The molecule has 0 aliphatic rings. The van der Waals surface area contributed by atoms with Crippen LogP contribution in [-0.2, 0) is 0 Å². The molecule has 0 heterocycles. The smallest absolute Gasteiger partial charge is 0.0468 e. The highest BCUT2D eigenvalue weighted by molar-refractivity contribution is 6.09. The highest BCUT2D eigenvalue weighted by Crippen LogP contribution is 2.41. The summed E-state index contributed by atoms with van der Waals surface area (Å²) in [7, 11) is 0. The summed E-state index contributed by atoms with van der Waals surface area (Å²) in [6.45, 7) is 0. The highest BCUT2D eigenvalue weighted by atomic mass is 15.1. The average Bonchev–Trinajstić information content (AvgIpc) is 3.27. The average molecular weight is 700 g/mol. The standard InChI is InChI=1S/C54H37N/c1-3-12-41(13-4-1)52-34-28-47(36-53(52)42-14-5-2-6-15-42)40-25-31-49(32-26-40)55(50-33-27-44-21-20-43-16-9-10-18-51(43)54(44)37-50)48-29-23-39(24-30-48)46-22-19-38-11-7-8-17-45(38)35-46/h1-37H. The monoisotopic (exact) mass is 699 g/mol. The Morgan fingerprint density at radius 3 is 1.35 bits per heavy atom. The van der Waals surface area contributed by atoms with E-state index in [4.69, 9.17) is 0 Å². The predicted octanol–water partition coefficient (Wildman–Crippen LogP) is 15.3. The summed E-state index contributed by atoms with van der Waals surface area (Å²) in [6, 6.07) is 81.5. The molecule has 0 saturated heterocycles. The second-order valence-corrected chi connectivity index (χ2v) is 14.2. The number of benzene rings is 10. The quantitative estimate of drug-likeness (QED) is 0.150. The zero-order chi connectivity index (χ0) is 36.6. The van der Waals surface area contributed by atoms with Gasteiger partial charge >= 0.3 is 0 Å². The highest BCUT2D eigenvalue weighted by Gasteiger charge is 2.16. The Bertz CT molecular complexity index is 2950. The molecular formula is C54H37N. The van der Waals surface area contributed by atoms with E-state index in [1.807, 2.05) is 0 Å². The summed E-state index contributed by atoms with van der Waals surface area (Å²) in [4.78, 5) is 2.38. The van der Waals surface area contributed by atoms with Gasteiger partial charge in [-0.25, -0.2) is 0 Å². The molecule has 0 amide bonds. The first-order chi connectivity index (χ1) is 27.2. The van der Waals surface area contributed by atoms with Gasteiger partial charge in [-0.1, -0.05) is 176 Å².